The second-order valence-corrected chi connectivity index (χ2v) is 3.98. The molecule has 1 aromatic heterocycles. The number of carboxylic acids is 1. The van der Waals surface area contributed by atoms with E-state index in [0.717, 1.165) is 5.69 Å². The predicted octanol–water partition coefficient (Wildman–Crippen LogP) is -1.33. The van der Waals surface area contributed by atoms with Crippen molar-refractivity contribution < 1.29 is 9.90 Å². The van der Waals surface area contributed by atoms with Crippen molar-refractivity contribution in [1.29, 1.82) is 0 Å². The number of nitrogens with one attached hydrogen (secondary N) is 2. The predicted molar refractivity (Wildman–Crippen MR) is 63.4 cm³/mol. The minimum atomic E-state index is -0.978. The second kappa shape index (κ2) is 7.00. The molecule has 0 unspecified atom stereocenters. The van der Waals surface area contributed by atoms with Gasteiger partial charge >= 0.3 is 5.97 Å². The number of hydrogen-bond acceptors (Lipinski definition) is 5. The lowest BCUT2D eigenvalue weighted by Gasteiger charge is -2.12. The van der Waals surface area contributed by atoms with E-state index in [9.17, 15) is 4.79 Å². The minimum absolute atomic E-state index is 0.0310. The van der Waals surface area contributed by atoms with Crippen molar-refractivity contribution in [3.8, 4) is 0 Å². The van der Waals surface area contributed by atoms with Gasteiger partial charge in [-0.25, -0.2) is 4.98 Å². The zero-order valence-corrected chi connectivity index (χ0v) is 9.60. The van der Waals surface area contributed by atoms with Crippen LogP contribution in [0.1, 0.15) is 12.1 Å². The van der Waals surface area contributed by atoms with Gasteiger partial charge in [-0.3, -0.25) is 4.79 Å². The SMILES string of the molecule is N[C@H](CNCC[C@H](N)C(=O)O)Cc1cnc[nH]1. The van der Waals surface area contributed by atoms with Gasteiger partial charge < -0.3 is 26.9 Å². The number of hydrogen-bond donors (Lipinski definition) is 5. The average Bonchev–Trinajstić information content (AvgIpc) is 2.76. The molecule has 0 amide bonds. The monoisotopic (exact) mass is 241 g/mol. The van der Waals surface area contributed by atoms with Crippen LogP contribution in [0.15, 0.2) is 12.5 Å². The number of carbonyl (C=O) groups is 1. The van der Waals surface area contributed by atoms with Gasteiger partial charge in [0, 0.05) is 30.9 Å². The van der Waals surface area contributed by atoms with Crippen molar-refractivity contribution in [2.45, 2.75) is 24.9 Å². The second-order valence-electron chi connectivity index (χ2n) is 3.98. The summed E-state index contributed by atoms with van der Waals surface area (Å²) in [6.45, 7) is 1.16. The Hall–Kier alpha value is -1.44. The molecule has 7 heteroatoms. The van der Waals surface area contributed by atoms with Crippen LogP contribution in [0.25, 0.3) is 0 Å². The normalized spacial score (nSPS) is 14.5. The number of aliphatic carboxylic acids is 1. The largest absolute Gasteiger partial charge is 0.480 e. The molecule has 0 saturated carbocycles. The Labute approximate surface area is 99.6 Å². The highest BCUT2D eigenvalue weighted by atomic mass is 16.4. The van der Waals surface area contributed by atoms with Gasteiger partial charge in [0.25, 0.3) is 0 Å². The summed E-state index contributed by atoms with van der Waals surface area (Å²) in [5.74, 6) is -0.978. The molecule has 0 aromatic carbocycles. The first-order valence-corrected chi connectivity index (χ1v) is 5.51. The van der Waals surface area contributed by atoms with Crippen LogP contribution in [0.3, 0.4) is 0 Å². The molecule has 0 spiro atoms. The molecule has 7 nitrogen and oxygen atoms in total. The molecule has 0 aliphatic heterocycles. The molecule has 1 rings (SSSR count). The number of nitrogens with two attached hydrogens (primary N) is 2. The summed E-state index contributed by atoms with van der Waals surface area (Å²) in [6.07, 6.45) is 4.45. The van der Waals surface area contributed by atoms with Crippen molar-refractivity contribution in [2.24, 2.45) is 11.5 Å². The third-order valence-corrected chi connectivity index (χ3v) is 2.39. The minimum Gasteiger partial charge on any atom is -0.480 e. The quantitative estimate of drug-likeness (QED) is 0.358. The molecule has 17 heavy (non-hydrogen) atoms. The highest BCUT2D eigenvalue weighted by Gasteiger charge is 2.10. The molecule has 7 N–H and O–H groups in total. The highest BCUT2D eigenvalue weighted by molar-refractivity contribution is 5.72. The maximum atomic E-state index is 10.5. The lowest BCUT2D eigenvalue weighted by molar-refractivity contribution is -0.138. The van der Waals surface area contributed by atoms with E-state index in [2.05, 4.69) is 15.3 Å². The molecule has 0 fully saturated rings. The Morgan fingerprint density at radius 1 is 1.59 bits per heavy atom. The summed E-state index contributed by atoms with van der Waals surface area (Å²) in [5, 5.41) is 11.7. The molecule has 0 radical (unpaired) electrons. The zero-order chi connectivity index (χ0) is 12.7. The summed E-state index contributed by atoms with van der Waals surface area (Å²) in [6, 6.07) is -0.845. The fourth-order valence-corrected chi connectivity index (χ4v) is 1.42. The first-order valence-electron chi connectivity index (χ1n) is 5.51. The lowest BCUT2D eigenvalue weighted by atomic mass is 10.1. The molecule has 0 saturated heterocycles. The van der Waals surface area contributed by atoms with Crippen LogP contribution in [0.2, 0.25) is 0 Å². The number of H-pyrrole nitrogens is 1. The molecule has 1 heterocycles. The summed E-state index contributed by atoms with van der Waals surface area (Å²) in [7, 11) is 0. The number of nitrogens with zero attached hydrogens (tertiary/aromatic N) is 1. The fraction of sp³-hybridized carbons (Fsp3) is 0.600. The Morgan fingerprint density at radius 2 is 2.35 bits per heavy atom. The van der Waals surface area contributed by atoms with Gasteiger partial charge in [-0.2, -0.15) is 0 Å². The van der Waals surface area contributed by atoms with Gasteiger partial charge in [0.1, 0.15) is 6.04 Å². The van der Waals surface area contributed by atoms with E-state index in [1.54, 1.807) is 12.5 Å². The van der Waals surface area contributed by atoms with Gasteiger partial charge in [-0.15, -0.1) is 0 Å². The van der Waals surface area contributed by atoms with Gasteiger partial charge in [0.15, 0.2) is 0 Å². The first-order chi connectivity index (χ1) is 8.09. The van der Waals surface area contributed by atoms with E-state index < -0.39 is 12.0 Å². The third kappa shape index (κ3) is 5.43. The zero-order valence-electron chi connectivity index (χ0n) is 9.60. The van der Waals surface area contributed by atoms with Gasteiger partial charge in [-0.05, 0) is 13.0 Å². The smallest absolute Gasteiger partial charge is 0.320 e. The van der Waals surface area contributed by atoms with Crippen molar-refractivity contribution >= 4 is 5.97 Å². The molecular formula is C10H19N5O2. The van der Waals surface area contributed by atoms with Gasteiger partial charge in [-0.1, -0.05) is 0 Å². The van der Waals surface area contributed by atoms with E-state index in [1.165, 1.54) is 0 Å². The van der Waals surface area contributed by atoms with E-state index in [-0.39, 0.29) is 6.04 Å². The number of rotatable bonds is 8. The molecule has 0 bridgehead atoms. The van der Waals surface area contributed by atoms with Crippen LogP contribution in [0, 0.1) is 0 Å². The Bertz CT molecular complexity index is 327. The molecule has 0 aliphatic carbocycles. The molecule has 96 valence electrons. The first kappa shape index (κ1) is 13.6. The Balaban J connectivity index is 2.08. The Kier molecular flexibility index (Phi) is 5.61. The summed E-state index contributed by atoms with van der Waals surface area (Å²) < 4.78 is 0. The van der Waals surface area contributed by atoms with Crippen LogP contribution in [-0.2, 0) is 11.2 Å². The van der Waals surface area contributed by atoms with E-state index >= 15 is 0 Å². The standard InChI is InChI=1S/C10H19N5O2/c11-7(3-8-5-14-6-15-8)4-13-2-1-9(12)10(16)17/h5-7,9,13H,1-4,11-12H2,(H,14,15)(H,16,17)/t7-,9-/m0/s1. The summed E-state index contributed by atoms with van der Waals surface area (Å²) in [4.78, 5) is 17.3. The lowest BCUT2D eigenvalue weighted by Crippen LogP contribution is -2.39. The number of aromatic nitrogens is 2. The number of carboxylic acid groups (broad SMARTS) is 1. The highest BCUT2D eigenvalue weighted by Crippen LogP contribution is 1.95. The van der Waals surface area contributed by atoms with Crippen molar-refractivity contribution in [2.75, 3.05) is 13.1 Å². The molecule has 0 aliphatic rings. The van der Waals surface area contributed by atoms with E-state index in [1.807, 2.05) is 0 Å². The van der Waals surface area contributed by atoms with E-state index in [4.69, 9.17) is 16.6 Å². The maximum absolute atomic E-state index is 10.5. The van der Waals surface area contributed by atoms with Gasteiger partial charge in [0.05, 0.1) is 6.33 Å². The van der Waals surface area contributed by atoms with Crippen LogP contribution in [-0.4, -0.2) is 46.2 Å². The molecule has 2 atom stereocenters. The number of imidazole rings is 1. The summed E-state index contributed by atoms with van der Waals surface area (Å²) in [5.41, 5.74) is 12.2. The maximum Gasteiger partial charge on any atom is 0.320 e. The van der Waals surface area contributed by atoms with Gasteiger partial charge in [0.2, 0.25) is 0 Å². The summed E-state index contributed by atoms with van der Waals surface area (Å²) >= 11 is 0. The average molecular weight is 241 g/mol. The van der Waals surface area contributed by atoms with Crippen LogP contribution in [0.4, 0.5) is 0 Å². The topological polar surface area (TPSA) is 130 Å². The number of aromatic amines is 1. The van der Waals surface area contributed by atoms with Crippen LogP contribution >= 0.6 is 0 Å². The molecular weight excluding hydrogens is 222 g/mol. The van der Waals surface area contributed by atoms with E-state index in [0.29, 0.717) is 25.9 Å². The van der Waals surface area contributed by atoms with Crippen molar-refractivity contribution in [1.82, 2.24) is 15.3 Å². The third-order valence-electron chi connectivity index (χ3n) is 2.39. The molecule has 1 aromatic rings. The fourth-order valence-electron chi connectivity index (χ4n) is 1.42. The van der Waals surface area contributed by atoms with Crippen LogP contribution in [0.5, 0.6) is 0 Å². The Morgan fingerprint density at radius 3 is 2.94 bits per heavy atom. The van der Waals surface area contributed by atoms with Crippen molar-refractivity contribution in [3.63, 3.8) is 0 Å². The van der Waals surface area contributed by atoms with Crippen LogP contribution < -0.4 is 16.8 Å². The van der Waals surface area contributed by atoms with Crippen molar-refractivity contribution in [3.05, 3.63) is 18.2 Å².